The second-order valence-electron chi connectivity index (χ2n) is 4.91. The Balaban J connectivity index is 2.27. The second-order valence-corrected chi connectivity index (χ2v) is 5.73. The summed E-state index contributed by atoms with van der Waals surface area (Å²) in [4.78, 5) is 0. The molecule has 0 aliphatic carbocycles. The first-order valence-electron chi connectivity index (χ1n) is 6.84. The van der Waals surface area contributed by atoms with Gasteiger partial charge in [0, 0.05) is 16.1 Å². The molecule has 2 aromatic carbocycles. The molecule has 1 N–H and O–H groups in total. The average Bonchev–Trinajstić information content (AvgIpc) is 2.44. The molecule has 2 aromatic rings. The van der Waals surface area contributed by atoms with E-state index >= 15 is 0 Å². The van der Waals surface area contributed by atoms with Gasteiger partial charge in [-0.05, 0) is 48.7 Å². The molecule has 0 aliphatic rings. The molecule has 0 aromatic heterocycles. The van der Waals surface area contributed by atoms with Gasteiger partial charge >= 0.3 is 0 Å². The normalized spacial score (nSPS) is 12.4. The third-order valence-corrected chi connectivity index (χ3v) is 4.21. The molecule has 0 amide bonds. The van der Waals surface area contributed by atoms with Crippen LogP contribution in [0.1, 0.15) is 29.7 Å². The first-order chi connectivity index (χ1) is 9.61. The zero-order valence-corrected chi connectivity index (χ0v) is 13.3. The highest BCUT2D eigenvalue weighted by atomic mass is 35.5. The van der Waals surface area contributed by atoms with E-state index in [4.69, 9.17) is 23.2 Å². The first-order valence-corrected chi connectivity index (χ1v) is 7.60. The quantitative estimate of drug-likeness (QED) is 0.801. The molecule has 0 saturated carbocycles. The van der Waals surface area contributed by atoms with Gasteiger partial charge in [0.2, 0.25) is 0 Å². The van der Waals surface area contributed by atoms with Crippen LogP contribution in [0, 0.1) is 6.92 Å². The van der Waals surface area contributed by atoms with Crippen LogP contribution in [0.15, 0.2) is 42.5 Å². The van der Waals surface area contributed by atoms with Gasteiger partial charge in [-0.1, -0.05) is 60.5 Å². The molecule has 1 atom stereocenters. The van der Waals surface area contributed by atoms with Crippen LogP contribution in [0.25, 0.3) is 0 Å². The standard InChI is InChI=1S/C17H19Cl2N/c1-3-20-17(11-13-6-4-5-7-15(13)18)14-9-8-12(2)16(19)10-14/h4-10,17,20H,3,11H2,1-2H3. The Morgan fingerprint density at radius 3 is 2.45 bits per heavy atom. The van der Waals surface area contributed by atoms with E-state index in [0.717, 1.165) is 34.1 Å². The van der Waals surface area contributed by atoms with E-state index < -0.39 is 0 Å². The van der Waals surface area contributed by atoms with Crippen LogP contribution in [0.2, 0.25) is 10.0 Å². The van der Waals surface area contributed by atoms with Crippen LogP contribution in [0.3, 0.4) is 0 Å². The van der Waals surface area contributed by atoms with E-state index in [0.29, 0.717) is 0 Å². The van der Waals surface area contributed by atoms with Gasteiger partial charge in [0.1, 0.15) is 0 Å². The third-order valence-electron chi connectivity index (χ3n) is 3.43. The highest BCUT2D eigenvalue weighted by Gasteiger charge is 2.13. The molecule has 2 rings (SSSR count). The Labute approximate surface area is 130 Å². The summed E-state index contributed by atoms with van der Waals surface area (Å²) < 4.78 is 0. The lowest BCUT2D eigenvalue weighted by molar-refractivity contribution is 0.550. The summed E-state index contributed by atoms with van der Waals surface area (Å²) >= 11 is 12.5. The largest absolute Gasteiger partial charge is 0.310 e. The fourth-order valence-corrected chi connectivity index (χ4v) is 2.67. The Hall–Kier alpha value is -1.02. The van der Waals surface area contributed by atoms with Crippen LogP contribution in [0.4, 0.5) is 0 Å². The number of hydrogen-bond donors (Lipinski definition) is 1. The number of hydrogen-bond acceptors (Lipinski definition) is 1. The topological polar surface area (TPSA) is 12.0 Å². The van der Waals surface area contributed by atoms with Crippen molar-refractivity contribution in [3.8, 4) is 0 Å². The molecule has 1 unspecified atom stereocenters. The maximum absolute atomic E-state index is 6.26. The number of nitrogens with one attached hydrogen (secondary N) is 1. The summed E-state index contributed by atoms with van der Waals surface area (Å²) in [5.41, 5.74) is 3.45. The molecule has 0 aliphatic heterocycles. The van der Waals surface area contributed by atoms with E-state index in [-0.39, 0.29) is 6.04 Å². The summed E-state index contributed by atoms with van der Waals surface area (Å²) in [6.07, 6.45) is 0.854. The number of halogens is 2. The van der Waals surface area contributed by atoms with Crippen molar-refractivity contribution < 1.29 is 0 Å². The van der Waals surface area contributed by atoms with Crippen molar-refractivity contribution in [1.82, 2.24) is 5.32 Å². The third kappa shape index (κ3) is 3.76. The van der Waals surface area contributed by atoms with Crippen molar-refractivity contribution >= 4 is 23.2 Å². The van der Waals surface area contributed by atoms with Crippen molar-refractivity contribution in [3.63, 3.8) is 0 Å². The molecule has 0 spiro atoms. The number of rotatable bonds is 5. The van der Waals surface area contributed by atoms with Crippen LogP contribution in [0.5, 0.6) is 0 Å². The van der Waals surface area contributed by atoms with Gasteiger partial charge in [0.05, 0.1) is 0 Å². The molecule has 0 saturated heterocycles. The number of benzene rings is 2. The van der Waals surface area contributed by atoms with Crippen molar-refractivity contribution in [2.45, 2.75) is 26.3 Å². The predicted octanol–water partition coefficient (Wildman–Crippen LogP) is 5.20. The van der Waals surface area contributed by atoms with Gasteiger partial charge in [0.15, 0.2) is 0 Å². The fourth-order valence-electron chi connectivity index (χ4n) is 2.26. The number of likely N-dealkylation sites (N-methyl/N-ethyl adjacent to an activating group) is 1. The van der Waals surface area contributed by atoms with Gasteiger partial charge in [-0.3, -0.25) is 0 Å². The molecule has 0 bridgehead atoms. The van der Waals surface area contributed by atoms with Crippen LogP contribution < -0.4 is 5.32 Å². The molecule has 0 fully saturated rings. The van der Waals surface area contributed by atoms with Crippen LogP contribution in [-0.4, -0.2) is 6.54 Å². The van der Waals surface area contributed by atoms with Crippen LogP contribution in [-0.2, 0) is 6.42 Å². The molecular weight excluding hydrogens is 289 g/mol. The molecule has 20 heavy (non-hydrogen) atoms. The summed E-state index contributed by atoms with van der Waals surface area (Å²) in [6, 6.07) is 14.4. The first kappa shape index (κ1) is 15.4. The minimum atomic E-state index is 0.220. The zero-order chi connectivity index (χ0) is 14.5. The highest BCUT2D eigenvalue weighted by Crippen LogP contribution is 2.26. The Morgan fingerprint density at radius 1 is 1.05 bits per heavy atom. The summed E-state index contributed by atoms with van der Waals surface area (Å²) in [5.74, 6) is 0. The van der Waals surface area contributed by atoms with Crippen molar-refractivity contribution in [2.75, 3.05) is 6.54 Å². The Morgan fingerprint density at radius 2 is 1.80 bits per heavy atom. The van der Waals surface area contributed by atoms with Crippen LogP contribution >= 0.6 is 23.2 Å². The Kier molecular flexibility index (Phi) is 5.47. The molecule has 0 heterocycles. The molecule has 0 radical (unpaired) electrons. The van der Waals surface area contributed by atoms with Gasteiger partial charge in [-0.15, -0.1) is 0 Å². The van der Waals surface area contributed by atoms with E-state index in [1.807, 2.05) is 31.2 Å². The molecule has 3 heteroatoms. The maximum atomic E-state index is 6.26. The fraction of sp³-hybridized carbons (Fsp3) is 0.294. The lowest BCUT2D eigenvalue weighted by Gasteiger charge is -2.20. The maximum Gasteiger partial charge on any atom is 0.0438 e. The summed E-state index contributed by atoms with van der Waals surface area (Å²) in [7, 11) is 0. The molecule has 1 nitrogen and oxygen atoms in total. The minimum absolute atomic E-state index is 0.220. The zero-order valence-electron chi connectivity index (χ0n) is 11.8. The number of aryl methyl sites for hydroxylation is 1. The lowest BCUT2D eigenvalue weighted by atomic mass is 9.98. The monoisotopic (exact) mass is 307 g/mol. The summed E-state index contributed by atoms with van der Waals surface area (Å²) in [5, 5.41) is 5.13. The van der Waals surface area contributed by atoms with E-state index in [1.54, 1.807) is 0 Å². The highest BCUT2D eigenvalue weighted by molar-refractivity contribution is 6.31. The van der Waals surface area contributed by atoms with Gasteiger partial charge in [-0.2, -0.15) is 0 Å². The van der Waals surface area contributed by atoms with Gasteiger partial charge in [0.25, 0.3) is 0 Å². The Bertz CT molecular complexity index is 581. The smallest absolute Gasteiger partial charge is 0.0438 e. The SMILES string of the molecule is CCNC(Cc1ccccc1Cl)c1ccc(C)c(Cl)c1. The van der Waals surface area contributed by atoms with E-state index in [1.165, 1.54) is 5.56 Å². The second kappa shape index (κ2) is 7.12. The van der Waals surface area contributed by atoms with Crippen molar-refractivity contribution in [3.05, 3.63) is 69.2 Å². The lowest BCUT2D eigenvalue weighted by Crippen LogP contribution is -2.23. The van der Waals surface area contributed by atoms with Crippen molar-refractivity contribution in [2.24, 2.45) is 0 Å². The van der Waals surface area contributed by atoms with E-state index in [2.05, 4.69) is 30.4 Å². The average molecular weight is 308 g/mol. The van der Waals surface area contributed by atoms with E-state index in [9.17, 15) is 0 Å². The van der Waals surface area contributed by atoms with Gasteiger partial charge in [-0.25, -0.2) is 0 Å². The van der Waals surface area contributed by atoms with Crippen molar-refractivity contribution in [1.29, 1.82) is 0 Å². The molecular formula is C17H19Cl2N. The minimum Gasteiger partial charge on any atom is -0.310 e. The summed E-state index contributed by atoms with van der Waals surface area (Å²) in [6.45, 7) is 5.03. The van der Waals surface area contributed by atoms with Gasteiger partial charge < -0.3 is 5.32 Å². The predicted molar refractivity (Wildman–Crippen MR) is 87.8 cm³/mol. The molecule has 106 valence electrons.